The monoisotopic (exact) mass is 291 g/mol. The molecule has 1 amide bonds. The first-order valence-electron chi connectivity index (χ1n) is 7.65. The number of amides is 1. The highest BCUT2D eigenvalue weighted by molar-refractivity contribution is 5.94. The number of nitrogens with one attached hydrogen (secondary N) is 1. The Morgan fingerprint density at radius 2 is 1.45 bits per heavy atom. The quantitative estimate of drug-likeness (QED) is 0.885. The van der Waals surface area contributed by atoms with Crippen LogP contribution in [-0.4, -0.2) is 11.9 Å². The second kappa shape index (κ2) is 5.40. The van der Waals surface area contributed by atoms with Crippen LogP contribution in [0.25, 0.3) is 0 Å². The van der Waals surface area contributed by atoms with Crippen molar-refractivity contribution in [2.45, 2.75) is 38.1 Å². The minimum Gasteiger partial charge on any atom is -0.349 e. The van der Waals surface area contributed by atoms with Gasteiger partial charge in [0.15, 0.2) is 0 Å². The van der Waals surface area contributed by atoms with Gasteiger partial charge in [-0.05, 0) is 67.9 Å². The van der Waals surface area contributed by atoms with E-state index in [9.17, 15) is 4.79 Å². The van der Waals surface area contributed by atoms with Crippen LogP contribution >= 0.6 is 12.4 Å². The van der Waals surface area contributed by atoms with Crippen LogP contribution in [0.4, 0.5) is 0 Å². The van der Waals surface area contributed by atoms with Gasteiger partial charge in [-0.3, -0.25) is 4.79 Å². The van der Waals surface area contributed by atoms with E-state index < -0.39 is 0 Å². The Morgan fingerprint density at radius 3 is 2.00 bits per heavy atom. The first-order chi connectivity index (χ1) is 9.29. The summed E-state index contributed by atoms with van der Waals surface area (Å²) in [5, 5.41) is 3.34. The Hall–Kier alpha value is -1.02. The maximum Gasteiger partial charge on any atom is 0.251 e. The molecule has 1 aromatic carbocycles. The molecule has 0 spiro atoms. The number of rotatable bonds is 2. The van der Waals surface area contributed by atoms with Gasteiger partial charge in [0.1, 0.15) is 0 Å². The molecular weight excluding hydrogens is 270 g/mol. The molecule has 4 fully saturated rings. The summed E-state index contributed by atoms with van der Waals surface area (Å²) < 4.78 is 0. The van der Waals surface area contributed by atoms with Gasteiger partial charge in [0.2, 0.25) is 0 Å². The molecule has 0 heterocycles. The molecule has 0 unspecified atom stereocenters. The summed E-state index contributed by atoms with van der Waals surface area (Å²) in [6.07, 6.45) is 6.88. The van der Waals surface area contributed by atoms with Crippen LogP contribution in [0, 0.1) is 23.7 Å². The second-order valence-electron chi connectivity index (χ2n) is 6.80. The van der Waals surface area contributed by atoms with E-state index in [2.05, 4.69) is 5.32 Å². The van der Waals surface area contributed by atoms with Gasteiger partial charge >= 0.3 is 0 Å². The molecule has 0 radical (unpaired) electrons. The molecule has 4 aliphatic rings. The Kier molecular flexibility index (Phi) is 3.76. The van der Waals surface area contributed by atoms with E-state index >= 15 is 0 Å². The Bertz CT molecular complexity index is 459. The van der Waals surface area contributed by atoms with Crippen molar-refractivity contribution in [3.05, 3.63) is 35.9 Å². The van der Waals surface area contributed by atoms with Gasteiger partial charge in [-0.2, -0.15) is 0 Å². The number of hydrogen-bond donors (Lipinski definition) is 1. The van der Waals surface area contributed by atoms with Crippen molar-refractivity contribution >= 4 is 18.3 Å². The average Bonchev–Trinajstić information content (AvgIpc) is 2.43. The van der Waals surface area contributed by atoms with Crippen LogP contribution in [0.3, 0.4) is 0 Å². The number of halogens is 1. The van der Waals surface area contributed by atoms with Crippen molar-refractivity contribution in [2.24, 2.45) is 23.7 Å². The van der Waals surface area contributed by atoms with Gasteiger partial charge in [-0.25, -0.2) is 0 Å². The highest BCUT2D eigenvalue weighted by Gasteiger charge is 2.48. The van der Waals surface area contributed by atoms with Crippen molar-refractivity contribution < 1.29 is 4.79 Å². The van der Waals surface area contributed by atoms with Gasteiger partial charge in [0.05, 0.1) is 0 Å². The second-order valence-corrected chi connectivity index (χ2v) is 6.80. The van der Waals surface area contributed by atoms with E-state index in [0.29, 0.717) is 6.04 Å². The first kappa shape index (κ1) is 13.9. The minimum atomic E-state index is 0. The molecule has 0 aromatic heterocycles. The summed E-state index contributed by atoms with van der Waals surface area (Å²) in [6, 6.07) is 10.1. The minimum absolute atomic E-state index is 0. The predicted octanol–water partition coefficient (Wildman–Crippen LogP) is 3.66. The maximum atomic E-state index is 12.3. The fourth-order valence-electron chi connectivity index (χ4n) is 4.99. The Morgan fingerprint density at radius 1 is 0.900 bits per heavy atom. The van der Waals surface area contributed by atoms with E-state index in [0.717, 1.165) is 29.2 Å². The van der Waals surface area contributed by atoms with Crippen LogP contribution in [0.1, 0.15) is 42.5 Å². The maximum absolute atomic E-state index is 12.3. The molecule has 0 atom stereocenters. The van der Waals surface area contributed by atoms with Crippen LogP contribution in [0.5, 0.6) is 0 Å². The zero-order valence-corrected chi connectivity index (χ0v) is 12.4. The highest BCUT2D eigenvalue weighted by atomic mass is 35.5. The molecule has 3 heteroatoms. The summed E-state index contributed by atoms with van der Waals surface area (Å²) in [4.78, 5) is 12.3. The molecule has 1 aromatic rings. The fraction of sp³-hybridized carbons (Fsp3) is 0.588. The summed E-state index contributed by atoms with van der Waals surface area (Å²) >= 11 is 0. The molecule has 0 saturated heterocycles. The van der Waals surface area contributed by atoms with E-state index in [1.54, 1.807) is 0 Å². The normalized spacial score (nSPS) is 37.3. The molecule has 1 N–H and O–H groups in total. The lowest BCUT2D eigenvalue weighted by Gasteiger charge is -2.54. The molecule has 5 rings (SSSR count). The van der Waals surface area contributed by atoms with Gasteiger partial charge < -0.3 is 5.32 Å². The highest BCUT2D eigenvalue weighted by Crippen LogP contribution is 2.53. The molecule has 0 aliphatic heterocycles. The molecule has 4 bridgehead atoms. The van der Waals surface area contributed by atoms with Crippen molar-refractivity contribution in [2.75, 3.05) is 0 Å². The third kappa shape index (κ3) is 2.35. The lowest BCUT2D eigenvalue weighted by Crippen LogP contribution is -2.55. The Balaban J connectivity index is 0.00000121. The number of hydrogen-bond acceptors (Lipinski definition) is 1. The fourth-order valence-corrected chi connectivity index (χ4v) is 4.99. The molecule has 108 valence electrons. The third-order valence-electron chi connectivity index (χ3n) is 5.56. The summed E-state index contributed by atoms with van der Waals surface area (Å²) in [5.74, 6) is 3.56. The summed E-state index contributed by atoms with van der Waals surface area (Å²) in [6.45, 7) is 0. The molecule has 4 saturated carbocycles. The van der Waals surface area contributed by atoms with E-state index in [4.69, 9.17) is 0 Å². The molecule has 4 aliphatic carbocycles. The van der Waals surface area contributed by atoms with Crippen molar-refractivity contribution in [1.82, 2.24) is 5.32 Å². The number of carbonyl (C=O) groups is 1. The lowest BCUT2D eigenvalue weighted by atomic mass is 9.54. The van der Waals surface area contributed by atoms with E-state index in [1.165, 1.54) is 32.1 Å². The summed E-state index contributed by atoms with van der Waals surface area (Å²) in [7, 11) is 0. The topological polar surface area (TPSA) is 29.1 Å². The van der Waals surface area contributed by atoms with Crippen molar-refractivity contribution in [1.29, 1.82) is 0 Å². The molecule has 20 heavy (non-hydrogen) atoms. The van der Waals surface area contributed by atoms with Gasteiger partial charge in [0, 0.05) is 11.6 Å². The van der Waals surface area contributed by atoms with Crippen LogP contribution in [-0.2, 0) is 0 Å². The number of carbonyl (C=O) groups excluding carboxylic acids is 1. The smallest absolute Gasteiger partial charge is 0.251 e. The van der Waals surface area contributed by atoms with Gasteiger partial charge in [0.25, 0.3) is 5.91 Å². The number of benzene rings is 1. The van der Waals surface area contributed by atoms with E-state index in [-0.39, 0.29) is 18.3 Å². The Labute approximate surface area is 126 Å². The largest absolute Gasteiger partial charge is 0.349 e. The average molecular weight is 292 g/mol. The van der Waals surface area contributed by atoms with Gasteiger partial charge in [-0.1, -0.05) is 18.2 Å². The SMILES string of the molecule is Cl.O=C(NC1C2CC3CC(C2)CC1C3)c1ccccc1. The van der Waals surface area contributed by atoms with Crippen molar-refractivity contribution in [3.8, 4) is 0 Å². The molecular formula is C17H22ClNO. The van der Waals surface area contributed by atoms with Crippen LogP contribution in [0.2, 0.25) is 0 Å². The van der Waals surface area contributed by atoms with E-state index in [1.807, 2.05) is 30.3 Å². The van der Waals surface area contributed by atoms with Crippen molar-refractivity contribution in [3.63, 3.8) is 0 Å². The zero-order valence-electron chi connectivity index (χ0n) is 11.6. The molecule has 2 nitrogen and oxygen atoms in total. The zero-order chi connectivity index (χ0) is 12.8. The first-order valence-corrected chi connectivity index (χ1v) is 7.65. The van der Waals surface area contributed by atoms with Gasteiger partial charge in [-0.15, -0.1) is 12.4 Å². The standard InChI is InChI=1S/C17H21NO.ClH/c19-17(13-4-2-1-3-5-13)18-16-14-7-11-6-12(9-14)10-15(16)8-11;/h1-5,11-12,14-16H,6-10H2,(H,18,19);1H. The summed E-state index contributed by atoms with van der Waals surface area (Å²) in [5.41, 5.74) is 0.802. The van der Waals surface area contributed by atoms with Crippen LogP contribution in [0.15, 0.2) is 30.3 Å². The lowest BCUT2D eigenvalue weighted by molar-refractivity contribution is -0.0119. The third-order valence-corrected chi connectivity index (χ3v) is 5.56. The predicted molar refractivity (Wildman–Crippen MR) is 82.0 cm³/mol. The van der Waals surface area contributed by atoms with Crippen LogP contribution < -0.4 is 5.32 Å².